The lowest BCUT2D eigenvalue weighted by molar-refractivity contribution is -0.131. The number of amides is 2. The zero-order valence-electron chi connectivity index (χ0n) is 14.0. The fourth-order valence-corrected chi connectivity index (χ4v) is 3.69. The highest BCUT2D eigenvalue weighted by molar-refractivity contribution is 6.39. The Bertz CT molecular complexity index is 502. The van der Waals surface area contributed by atoms with E-state index in [0.717, 1.165) is 39.4 Å². The first-order valence-electron chi connectivity index (χ1n) is 8.59. The molecule has 0 aromatic carbocycles. The molecule has 2 atom stereocenters. The number of carbonyl (C=O) groups is 2. The quantitative estimate of drug-likeness (QED) is 0.743. The molecule has 0 radical (unpaired) electrons. The molecule has 0 bridgehead atoms. The first-order chi connectivity index (χ1) is 11.1. The van der Waals surface area contributed by atoms with Crippen LogP contribution < -0.4 is 0 Å². The van der Waals surface area contributed by atoms with Gasteiger partial charge in [-0.3, -0.25) is 14.5 Å². The molecule has 0 aromatic rings. The average molecular weight is 322 g/mol. The van der Waals surface area contributed by atoms with Crippen LogP contribution in [0.3, 0.4) is 0 Å². The molecule has 0 unspecified atom stereocenters. The summed E-state index contributed by atoms with van der Waals surface area (Å²) in [6.07, 6.45) is 0.843. The molecule has 3 aliphatic heterocycles. The molecule has 7 heteroatoms. The van der Waals surface area contributed by atoms with Gasteiger partial charge >= 0.3 is 0 Å². The third-order valence-corrected chi connectivity index (χ3v) is 5.03. The molecular weight excluding hydrogens is 296 g/mol. The number of hydrogen-bond acceptors (Lipinski definition) is 5. The number of carbonyl (C=O) groups excluding carboxylic acids is 2. The summed E-state index contributed by atoms with van der Waals surface area (Å²) in [7, 11) is 0. The summed E-state index contributed by atoms with van der Waals surface area (Å²) < 4.78 is 5.42. The van der Waals surface area contributed by atoms with E-state index in [1.165, 1.54) is 5.01 Å². The van der Waals surface area contributed by atoms with Crippen molar-refractivity contribution in [2.75, 3.05) is 45.9 Å². The summed E-state index contributed by atoms with van der Waals surface area (Å²) in [5.41, 5.74) is 0.529. The molecule has 3 aliphatic rings. The molecule has 128 valence electrons. The van der Waals surface area contributed by atoms with Gasteiger partial charge in [-0.2, -0.15) is 5.10 Å². The molecule has 0 spiro atoms. The second kappa shape index (κ2) is 6.97. The minimum absolute atomic E-state index is 0.00133. The van der Waals surface area contributed by atoms with Gasteiger partial charge in [-0.05, 0) is 12.8 Å². The minimum Gasteiger partial charge on any atom is -0.379 e. The Hall–Kier alpha value is -1.47. The van der Waals surface area contributed by atoms with Crippen LogP contribution in [0.15, 0.2) is 5.10 Å². The van der Waals surface area contributed by atoms with E-state index in [9.17, 15) is 9.59 Å². The van der Waals surface area contributed by atoms with E-state index in [2.05, 4.69) is 16.9 Å². The summed E-state index contributed by atoms with van der Waals surface area (Å²) in [6, 6.07) is 0.399. The molecular formula is C16H26N4O3. The molecule has 2 amide bonds. The van der Waals surface area contributed by atoms with Crippen molar-refractivity contribution in [2.24, 2.45) is 11.0 Å². The number of ether oxygens (including phenoxy) is 1. The van der Waals surface area contributed by atoms with Gasteiger partial charge in [-0.25, -0.2) is 5.01 Å². The first kappa shape index (κ1) is 16.4. The van der Waals surface area contributed by atoms with Crippen LogP contribution in [0, 0.1) is 5.92 Å². The van der Waals surface area contributed by atoms with Crippen LogP contribution in [0.2, 0.25) is 0 Å². The zero-order chi connectivity index (χ0) is 16.4. The minimum atomic E-state index is -0.00133. The largest absolute Gasteiger partial charge is 0.379 e. The van der Waals surface area contributed by atoms with Crippen LogP contribution in [0.5, 0.6) is 0 Å². The second-order valence-electron chi connectivity index (χ2n) is 6.56. The van der Waals surface area contributed by atoms with Crippen LogP contribution in [-0.4, -0.2) is 84.3 Å². The third-order valence-electron chi connectivity index (χ3n) is 5.03. The molecule has 3 rings (SSSR count). The van der Waals surface area contributed by atoms with Crippen molar-refractivity contribution in [1.82, 2.24) is 14.8 Å². The predicted octanol–water partition coefficient (Wildman–Crippen LogP) is 0.164. The van der Waals surface area contributed by atoms with Crippen molar-refractivity contribution in [3.8, 4) is 0 Å². The second-order valence-corrected chi connectivity index (χ2v) is 6.56. The number of morpholine rings is 1. The van der Waals surface area contributed by atoms with Crippen LogP contribution in [0.1, 0.15) is 26.7 Å². The fraction of sp³-hybridized carbons (Fsp3) is 0.812. The number of hydrazone groups is 1. The van der Waals surface area contributed by atoms with Gasteiger partial charge in [-0.1, -0.05) is 6.92 Å². The van der Waals surface area contributed by atoms with Crippen LogP contribution in [-0.2, 0) is 14.3 Å². The van der Waals surface area contributed by atoms with Crippen molar-refractivity contribution in [3.05, 3.63) is 0 Å². The standard InChI is InChI=1S/C16H26N4O3/c1-3-20-15(21)5-4-13(17-20)16(22)19-10-12(2)14(11-19)18-6-8-23-9-7-18/h12,14H,3-11H2,1-2H3/t12-,14-/m1/s1. The highest BCUT2D eigenvalue weighted by Crippen LogP contribution is 2.24. The van der Waals surface area contributed by atoms with E-state index in [1.807, 2.05) is 11.8 Å². The van der Waals surface area contributed by atoms with Gasteiger partial charge in [-0.15, -0.1) is 0 Å². The molecule has 23 heavy (non-hydrogen) atoms. The molecule has 0 aromatic heterocycles. The molecule has 0 N–H and O–H groups in total. The van der Waals surface area contributed by atoms with Crippen molar-refractivity contribution in [2.45, 2.75) is 32.7 Å². The van der Waals surface area contributed by atoms with E-state index in [0.29, 0.717) is 37.1 Å². The summed E-state index contributed by atoms with van der Waals surface area (Å²) in [5, 5.41) is 5.68. The van der Waals surface area contributed by atoms with Gasteiger partial charge in [0.25, 0.3) is 5.91 Å². The zero-order valence-corrected chi connectivity index (χ0v) is 14.0. The van der Waals surface area contributed by atoms with E-state index in [-0.39, 0.29) is 11.8 Å². The Morgan fingerprint density at radius 1 is 1.26 bits per heavy atom. The molecule has 0 saturated carbocycles. The van der Waals surface area contributed by atoms with Crippen LogP contribution in [0.4, 0.5) is 0 Å². The normalized spacial score (nSPS) is 29.8. The van der Waals surface area contributed by atoms with E-state index in [4.69, 9.17) is 4.74 Å². The lowest BCUT2D eigenvalue weighted by Gasteiger charge is -2.34. The molecule has 3 heterocycles. The summed E-state index contributed by atoms with van der Waals surface area (Å²) in [4.78, 5) is 28.8. The Morgan fingerprint density at radius 3 is 2.70 bits per heavy atom. The van der Waals surface area contributed by atoms with Gasteiger partial charge in [0.15, 0.2) is 0 Å². The predicted molar refractivity (Wildman–Crippen MR) is 86.0 cm³/mol. The average Bonchev–Trinajstić information content (AvgIpc) is 2.97. The van der Waals surface area contributed by atoms with Crippen LogP contribution >= 0.6 is 0 Å². The van der Waals surface area contributed by atoms with E-state index in [1.54, 1.807) is 0 Å². The first-order valence-corrected chi connectivity index (χ1v) is 8.59. The summed E-state index contributed by atoms with van der Waals surface area (Å²) in [5.74, 6) is 0.453. The van der Waals surface area contributed by atoms with Gasteiger partial charge in [0.05, 0.1) is 13.2 Å². The Balaban J connectivity index is 1.65. The maximum atomic E-state index is 12.8. The van der Waals surface area contributed by atoms with Crippen molar-refractivity contribution < 1.29 is 14.3 Å². The highest BCUT2D eigenvalue weighted by atomic mass is 16.5. The third kappa shape index (κ3) is 3.40. The van der Waals surface area contributed by atoms with Crippen LogP contribution in [0.25, 0.3) is 0 Å². The van der Waals surface area contributed by atoms with Crippen molar-refractivity contribution in [3.63, 3.8) is 0 Å². The number of likely N-dealkylation sites (tertiary alicyclic amines) is 1. The monoisotopic (exact) mass is 322 g/mol. The Kier molecular flexibility index (Phi) is 4.96. The highest BCUT2D eigenvalue weighted by Gasteiger charge is 2.38. The molecule has 0 aliphatic carbocycles. The number of hydrogen-bond donors (Lipinski definition) is 0. The van der Waals surface area contributed by atoms with E-state index >= 15 is 0 Å². The lowest BCUT2D eigenvalue weighted by atomic mass is 10.0. The Morgan fingerprint density at radius 2 is 2.00 bits per heavy atom. The molecule has 2 saturated heterocycles. The maximum Gasteiger partial charge on any atom is 0.270 e. The topological polar surface area (TPSA) is 65.5 Å². The smallest absolute Gasteiger partial charge is 0.270 e. The molecule has 2 fully saturated rings. The van der Waals surface area contributed by atoms with Crippen molar-refractivity contribution in [1.29, 1.82) is 0 Å². The number of rotatable bonds is 3. The number of nitrogens with zero attached hydrogens (tertiary/aromatic N) is 4. The van der Waals surface area contributed by atoms with Gasteiger partial charge in [0.1, 0.15) is 5.71 Å². The van der Waals surface area contributed by atoms with Gasteiger partial charge in [0.2, 0.25) is 5.91 Å². The SMILES string of the molecule is CCN1N=C(C(=O)N2C[C@@H](C)[C@H](N3CCOCC3)C2)CCC1=O. The maximum absolute atomic E-state index is 12.8. The fourth-order valence-electron chi connectivity index (χ4n) is 3.69. The molecule has 7 nitrogen and oxygen atoms in total. The summed E-state index contributed by atoms with van der Waals surface area (Å²) in [6.45, 7) is 9.54. The Labute approximate surface area is 137 Å². The van der Waals surface area contributed by atoms with Gasteiger partial charge < -0.3 is 9.64 Å². The lowest BCUT2D eigenvalue weighted by Crippen LogP contribution is -2.47. The van der Waals surface area contributed by atoms with E-state index < -0.39 is 0 Å². The summed E-state index contributed by atoms with van der Waals surface area (Å²) >= 11 is 0. The van der Waals surface area contributed by atoms with Crippen molar-refractivity contribution >= 4 is 17.5 Å². The van der Waals surface area contributed by atoms with Gasteiger partial charge in [0, 0.05) is 51.6 Å².